The Morgan fingerprint density at radius 2 is 1.97 bits per heavy atom. The predicted octanol–water partition coefficient (Wildman–Crippen LogP) is 3.09. The van der Waals surface area contributed by atoms with E-state index in [1.165, 1.54) is 0 Å². The third-order valence-electron chi connectivity index (χ3n) is 9.12. The molecule has 1 saturated heterocycles. The number of phenols is 1. The van der Waals surface area contributed by atoms with Gasteiger partial charge in [-0.05, 0) is 83.7 Å². The number of piperidine rings is 1. The molecule has 2 aliphatic heterocycles. The largest absolute Gasteiger partial charge is 0.504 e. The molecule has 7 nitrogen and oxygen atoms in total. The number of likely N-dealkylation sites (tertiary alicyclic amines) is 1. The fourth-order valence-corrected chi connectivity index (χ4v) is 7.62. The van der Waals surface area contributed by atoms with Gasteiger partial charge in [-0.1, -0.05) is 36.4 Å². The van der Waals surface area contributed by atoms with Gasteiger partial charge in [0.15, 0.2) is 11.5 Å². The standard InChI is InChI=1S/C30H38N2O5/c1-28(2,3)37-27(34)21(16-18-8-6-5-7-9-18)31-20-12-13-30(35)23-17-19-10-11-22(33)25-24(19)29(30,26(20)36-25)14-15-32(23)4/h5-11,20-21,23,26,31,33,35H,12-17H2,1-4H3/t20?,21-,23?,26-,29-,30+/m0/s1. The van der Waals surface area contributed by atoms with Gasteiger partial charge in [0.25, 0.3) is 0 Å². The van der Waals surface area contributed by atoms with Gasteiger partial charge in [-0.15, -0.1) is 0 Å². The summed E-state index contributed by atoms with van der Waals surface area (Å²) in [5.74, 6) is 0.335. The summed E-state index contributed by atoms with van der Waals surface area (Å²) < 4.78 is 12.4. The highest BCUT2D eigenvalue weighted by Crippen LogP contribution is 2.65. The number of esters is 1. The summed E-state index contributed by atoms with van der Waals surface area (Å²) in [5.41, 5.74) is 0.967. The van der Waals surface area contributed by atoms with Crippen LogP contribution in [0, 0.1) is 0 Å². The summed E-state index contributed by atoms with van der Waals surface area (Å²) in [6, 6.07) is 12.9. The van der Waals surface area contributed by atoms with Gasteiger partial charge in [0, 0.05) is 17.6 Å². The Hall–Kier alpha value is -2.61. The van der Waals surface area contributed by atoms with Gasteiger partial charge >= 0.3 is 5.97 Å². The molecular weight excluding hydrogens is 468 g/mol. The molecule has 0 aromatic heterocycles. The van der Waals surface area contributed by atoms with E-state index in [1.54, 1.807) is 6.07 Å². The van der Waals surface area contributed by atoms with E-state index in [4.69, 9.17) is 9.47 Å². The Morgan fingerprint density at radius 1 is 1.22 bits per heavy atom. The van der Waals surface area contributed by atoms with E-state index >= 15 is 0 Å². The monoisotopic (exact) mass is 506 g/mol. The molecule has 2 aromatic carbocycles. The third kappa shape index (κ3) is 3.69. The van der Waals surface area contributed by atoms with Crippen LogP contribution in [0.3, 0.4) is 0 Å². The summed E-state index contributed by atoms with van der Waals surface area (Å²) in [4.78, 5) is 15.7. The van der Waals surface area contributed by atoms with Gasteiger partial charge < -0.3 is 24.6 Å². The van der Waals surface area contributed by atoms with Crippen LogP contribution in [0.1, 0.15) is 56.7 Å². The topological polar surface area (TPSA) is 91.3 Å². The predicted molar refractivity (Wildman–Crippen MR) is 140 cm³/mol. The van der Waals surface area contributed by atoms with Crippen LogP contribution < -0.4 is 10.1 Å². The van der Waals surface area contributed by atoms with E-state index in [0.29, 0.717) is 25.0 Å². The molecule has 7 heteroatoms. The number of nitrogens with one attached hydrogen (secondary N) is 1. The number of carbonyl (C=O) groups excluding carboxylic acids is 1. The van der Waals surface area contributed by atoms with Crippen molar-refractivity contribution in [1.29, 1.82) is 0 Å². The number of aromatic hydroxyl groups is 1. The second-order valence-corrected chi connectivity index (χ2v) is 12.4. The lowest BCUT2D eigenvalue weighted by Crippen LogP contribution is -2.78. The Morgan fingerprint density at radius 3 is 2.70 bits per heavy atom. The fourth-order valence-electron chi connectivity index (χ4n) is 7.62. The SMILES string of the molecule is CN1CC[C@]23c4c5ccc(O)c4O[C@H]2C(N[C@@H](Cc2ccccc2)C(=O)OC(C)(C)C)CC[C@@]3(O)C1C5. The van der Waals surface area contributed by atoms with Gasteiger partial charge in [-0.3, -0.25) is 10.1 Å². The molecule has 6 rings (SSSR count). The minimum Gasteiger partial charge on any atom is -0.504 e. The molecule has 2 unspecified atom stereocenters. The molecule has 6 atom stereocenters. The molecular formula is C30H38N2O5. The maximum atomic E-state index is 13.4. The van der Waals surface area contributed by atoms with E-state index in [0.717, 1.165) is 36.1 Å². The van der Waals surface area contributed by atoms with E-state index in [2.05, 4.69) is 17.3 Å². The zero-order chi connectivity index (χ0) is 26.2. The van der Waals surface area contributed by atoms with E-state index in [-0.39, 0.29) is 23.8 Å². The Kier molecular flexibility index (Phi) is 5.64. The Bertz CT molecular complexity index is 1210. The van der Waals surface area contributed by atoms with Crippen LogP contribution in [0.2, 0.25) is 0 Å². The molecule has 2 aromatic rings. The molecule has 198 valence electrons. The van der Waals surface area contributed by atoms with Crippen LogP contribution in [0.25, 0.3) is 0 Å². The van der Waals surface area contributed by atoms with E-state index in [1.807, 2.05) is 57.2 Å². The third-order valence-corrected chi connectivity index (χ3v) is 9.12. The smallest absolute Gasteiger partial charge is 0.324 e. The van der Waals surface area contributed by atoms with Crippen molar-refractivity contribution in [2.45, 2.75) is 93.7 Å². The lowest BCUT2D eigenvalue weighted by Gasteiger charge is -2.63. The summed E-state index contributed by atoms with van der Waals surface area (Å²) in [7, 11) is 2.09. The number of likely N-dealkylation sites (N-methyl/N-ethyl adjacent to an activating group) is 1. The van der Waals surface area contributed by atoms with Crippen molar-refractivity contribution in [3.63, 3.8) is 0 Å². The van der Waals surface area contributed by atoms with Crippen LogP contribution in [0.5, 0.6) is 11.5 Å². The molecule has 2 aliphatic carbocycles. The lowest BCUT2D eigenvalue weighted by molar-refractivity contribution is -0.188. The number of ether oxygens (including phenoxy) is 2. The molecule has 0 amide bonds. The van der Waals surface area contributed by atoms with Crippen LogP contribution in [-0.2, 0) is 27.8 Å². The number of aliphatic hydroxyl groups is 1. The highest BCUT2D eigenvalue weighted by atomic mass is 16.6. The van der Waals surface area contributed by atoms with Gasteiger partial charge in [0.2, 0.25) is 0 Å². The van der Waals surface area contributed by atoms with Gasteiger partial charge in [0.1, 0.15) is 17.7 Å². The maximum Gasteiger partial charge on any atom is 0.324 e. The average Bonchev–Trinajstić information content (AvgIpc) is 3.20. The number of phenolic OH excluding ortho intramolecular Hbond substituents is 1. The molecule has 3 N–H and O–H groups in total. The molecule has 2 bridgehead atoms. The average molecular weight is 507 g/mol. The van der Waals surface area contributed by atoms with Gasteiger partial charge in [0.05, 0.1) is 11.0 Å². The van der Waals surface area contributed by atoms with Crippen LogP contribution >= 0.6 is 0 Å². The molecule has 0 radical (unpaired) electrons. The minimum atomic E-state index is -0.963. The quantitative estimate of drug-likeness (QED) is 0.537. The number of carbonyl (C=O) groups is 1. The second kappa shape index (κ2) is 8.45. The number of hydrogen-bond donors (Lipinski definition) is 3. The molecule has 2 fully saturated rings. The normalized spacial score (nSPS) is 32.8. The summed E-state index contributed by atoms with van der Waals surface area (Å²) in [5, 5.41) is 26.8. The Balaban J connectivity index is 1.38. The van der Waals surface area contributed by atoms with Crippen LogP contribution in [0.15, 0.2) is 42.5 Å². The van der Waals surface area contributed by atoms with Gasteiger partial charge in [-0.25, -0.2) is 0 Å². The van der Waals surface area contributed by atoms with Crippen molar-refractivity contribution in [3.8, 4) is 11.5 Å². The first-order valence-electron chi connectivity index (χ1n) is 13.5. The number of nitrogens with zero attached hydrogens (tertiary/aromatic N) is 1. The minimum absolute atomic E-state index is 0.0118. The van der Waals surface area contributed by atoms with Crippen molar-refractivity contribution in [1.82, 2.24) is 10.2 Å². The number of rotatable bonds is 5. The Labute approximate surface area is 218 Å². The fraction of sp³-hybridized carbons (Fsp3) is 0.567. The number of benzene rings is 2. The lowest BCUT2D eigenvalue weighted by atomic mass is 9.48. The molecule has 1 spiro atoms. The summed E-state index contributed by atoms with van der Waals surface area (Å²) in [6.45, 7) is 6.48. The second-order valence-electron chi connectivity index (χ2n) is 12.4. The molecule has 1 saturated carbocycles. The first-order valence-corrected chi connectivity index (χ1v) is 13.5. The van der Waals surface area contributed by atoms with Crippen molar-refractivity contribution in [2.75, 3.05) is 13.6 Å². The van der Waals surface area contributed by atoms with Crippen molar-refractivity contribution >= 4 is 5.97 Å². The highest BCUT2D eigenvalue weighted by Gasteiger charge is 2.72. The summed E-state index contributed by atoms with van der Waals surface area (Å²) >= 11 is 0. The first kappa shape index (κ1) is 24.7. The molecule has 37 heavy (non-hydrogen) atoms. The molecule has 4 aliphatic rings. The molecule has 2 heterocycles. The zero-order valence-corrected chi connectivity index (χ0v) is 22.2. The van der Waals surface area contributed by atoms with Crippen LogP contribution in [0.4, 0.5) is 0 Å². The van der Waals surface area contributed by atoms with E-state index in [9.17, 15) is 15.0 Å². The zero-order valence-electron chi connectivity index (χ0n) is 22.2. The summed E-state index contributed by atoms with van der Waals surface area (Å²) in [6.07, 6.45) is 2.82. The maximum absolute atomic E-state index is 13.4. The van der Waals surface area contributed by atoms with Crippen molar-refractivity contribution in [2.24, 2.45) is 0 Å². The van der Waals surface area contributed by atoms with Gasteiger partial charge in [-0.2, -0.15) is 0 Å². The first-order chi connectivity index (χ1) is 17.5. The highest BCUT2D eigenvalue weighted by molar-refractivity contribution is 5.77. The number of hydrogen-bond acceptors (Lipinski definition) is 7. The van der Waals surface area contributed by atoms with Crippen molar-refractivity contribution in [3.05, 3.63) is 59.2 Å². The van der Waals surface area contributed by atoms with Crippen LogP contribution in [-0.4, -0.2) is 70.1 Å². The van der Waals surface area contributed by atoms with Crippen molar-refractivity contribution < 1.29 is 24.5 Å². The van der Waals surface area contributed by atoms with E-state index < -0.39 is 28.8 Å².